The molecule has 128 valence electrons. The van der Waals surface area contributed by atoms with E-state index in [1.807, 2.05) is 13.0 Å². The standard InChI is InChI=1S/C17H23N5OS/c1-3-15(16(23)18-17-20-19-13(2)24-17)22-11-9-21(10-12-22)14-7-5-4-6-8-14/h4-8,15H,3,9-12H2,1-2H3,(H,18,20,23). The molecule has 1 aliphatic heterocycles. The number of anilines is 2. The first-order chi connectivity index (χ1) is 11.7. The summed E-state index contributed by atoms with van der Waals surface area (Å²) in [5, 5.41) is 12.3. The molecule has 1 aromatic carbocycles. The number of para-hydroxylation sites is 1. The van der Waals surface area contributed by atoms with Gasteiger partial charge in [-0.1, -0.05) is 36.5 Å². The summed E-state index contributed by atoms with van der Waals surface area (Å²) in [6.45, 7) is 7.58. The third-order valence-corrected chi connectivity index (χ3v) is 5.08. The average molecular weight is 345 g/mol. The molecule has 3 rings (SSSR count). The fraction of sp³-hybridized carbons (Fsp3) is 0.471. The van der Waals surface area contributed by atoms with Crippen LogP contribution in [0.15, 0.2) is 30.3 Å². The molecule has 0 bridgehead atoms. The number of nitrogens with one attached hydrogen (secondary N) is 1. The second kappa shape index (κ2) is 7.72. The summed E-state index contributed by atoms with van der Waals surface area (Å²) in [5.41, 5.74) is 1.25. The molecule has 0 aliphatic carbocycles. The molecule has 1 saturated heterocycles. The first-order valence-electron chi connectivity index (χ1n) is 8.32. The molecule has 24 heavy (non-hydrogen) atoms. The Balaban J connectivity index is 1.58. The molecule has 7 heteroatoms. The highest BCUT2D eigenvalue weighted by Gasteiger charge is 2.28. The van der Waals surface area contributed by atoms with E-state index in [9.17, 15) is 4.79 Å². The molecular formula is C17H23N5OS. The first-order valence-corrected chi connectivity index (χ1v) is 9.14. The van der Waals surface area contributed by atoms with E-state index in [0.717, 1.165) is 37.6 Å². The molecular weight excluding hydrogens is 322 g/mol. The van der Waals surface area contributed by atoms with E-state index in [-0.39, 0.29) is 11.9 Å². The molecule has 1 aromatic heterocycles. The Morgan fingerprint density at radius 3 is 2.50 bits per heavy atom. The van der Waals surface area contributed by atoms with Crippen LogP contribution in [0.5, 0.6) is 0 Å². The first kappa shape index (κ1) is 16.9. The Kier molecular flexibility index (Phi) is 5.42. The van der Waals surface area contributed by atoms with Gasteiger partial charge in [0.2, 0.25) is 11.0 Å². The molecule has 0 spiro atoms. The van der Waals surface area contributed by atoms with Crippen molar-refractivity contribution in [3.8, 4) is 0 Å². The Morgan fingerprint density at radius 2 is 1.92 bits per heavy atom. The van der Waals surface area contributed by atoms with Gasteiger partial charge in [-0.05, 0) is 25.5 Å². The van der Waals surface area contributed by atoms with E-state index in [0.29, 0.717) is 5.13 Å². The zero-order valence-electron chi connectivity index (χ0n) is 14.1. The predicted octanol–water partition coefficient (Wildman–Crippen LogP) is 2.39. The van der Waals surface area contributed by atoms with Gasteiger partial charge >= 0.3 is 0 Å². The third kappa shape index (κ3) is 3.91. The van der Waals surface area contributed by atoms with Gasteiger partial charge in [-0.15, -0.1) is 10.2 Å². The topological polar surface area (TPSA) is 61.4 Å². The van der Waals surface area contributed by atoms with Gasteiger partial charge in [-0.25, -0.2) is 0 Å². The molecule has 1 aliphatic rings. The Hall–Kier alpha value is -1.99. The number of piperazine rings is 1. The van der Waals surface area contributed by atoms with E-state index >= 15 is 0 Å². The highest BCUT2D eigenvalue weighted by molar-refractivity contribution is 7.15. The van der Waals surface area contributed by atoms with Crippen LogP contribution in [0.2, 0.25) is 0 Å². The van der Waals surface area contributed by atoms with E-state index in [1.54, 1.807) is 0 Å². The van der Waals surface area contributed by atoms with Crippen LogP contribution >= 0.6 is 11.3 Å². The molecule has 1 atom stereocenters. The monoisotopic (exact) mass is 345 g/mol. The SMILES string of the molecule is CCC(C(=O)Nc1nnc(C)s1)N1CCN(c2ccccc2)CC1. The van der Waals surface area contributed by atoms with Gasteiger partial charge in [0.1, 0.15) is 5.01 Å². The average Bonchev–Trinajstić information content (AvgIpc) is 3.02. The molecule has 6 nitrogen and oxygen atoms in total. The van der Waals surface area contributed by atoms with Gasteiger partial charge < -0.3 is 4.90 Å². The number of amides is 1. The summed E-state index contributed by atoms with van der Waals surface area (Å²) in [6.07, 6.45) is 0.787. The van der Waals surface area contributed by atoms with Crippen LogP contribution in [0.25, 0.3) is 0 Å². The lowest BCUT2D eigenvalue weighted by Gasteiger charge is -2.39. The van der Waals surface area contributed by atoms with Gasteiger partial charge in [-0.3, -0.25) is 15.0 Å². The Bertz CT molecular complexity index is 667. The van der Waals surface area contributed by atoms with Crippen molar-refractivity contribution in [1.29, 1.82) is 0 Å². The van der Waals surface area contributed by atoms with Gasteiger partial charge in [0, 0.05) is 31.9 Å². The summed E-state index contributed by atoms with van der Waals surface area (Å²) >= 11 is 1.41. The van der Waals surface area contributed by atoms with Crippen LogP contribution in [0, 0.1) is 6.92 Å². The normalized spacial score (nSPS) is 16.8. The lowest BCUT2D eigenvalue weighted by Crippen LogP contribution is -2.53. The lowest BCUT2D eigenvalue weighted by molar-refractivity contribution is -0.121. The Labute approximate surface area is 146 Å². The maximum Gasteiger partial charge on any atom is 0.243 e. The van der Waals surface area contributed by atoms with Crippen molar-refractivity contribution in [2.75, 3.05) is 36.4 Å². The minimum absolute atomic E-state index is 0.0156. The Morgan fingerprint density at radius 1 is 1.21 bits per heavy atom. The van der Waals surface area contributed by atoms with Gasteiger partial charge in [0.25, 0.3) is 0 Å². The minimum atomic E-state index is -0.118. The fourth-order valence-corrected chi connectivity index (χ4v) is 3.67. The van der Waals surface area contributed by atoms with Crippen LogP contribution < -0.4 is 10.2 Å². The molecule has 2 heterocycles. The summed E-state index contributed by atoms with van der Waals surface area (Å²) in [5.74, 6) is 0.0156. The molecule has 2 aromatic rings. The molecule has 1 N–H and O–H groups in total. The number of hydrogen-bond donors (Lipinski definition) is 1. The van der Waals surface area contributed by atoms with E-state index < -0.39 is 0 Å². The minimum Gasteiger partial charge on any atom is -0.369 e. The largest absolute Gasteiger partial charge is 0.369 e. The quantitative estimate of drug-likeness (QED) is 0.901. The van der Waals surface area contributed by atoms with E-state index in [1.165, 1.54) is 17.0 Å². The highest BCUT2D eigenvalue weighted by Crippen LogP contribution is 2.19. The molecule has 1 fully saturated rings. The highest BCUT2D eigenvalue weighted by atomic mass is 32.1. The van der Waals surface area contributed by atoms with Gasteiger partial charge in [-0.2, -0.15) is 0 Å². The summed E-state index contributed by atoms with van der Waals surface area (Å²) in [4.78, 5) is 17.2. The summed E-state index contributed by atoms with van der Waals surface area (Å²) in [6, 6.07) is 10.3. The summed E-state index contributed by atoms with van der Waals surface area (Å²) < 4.78 is 0. The zero-order valence-corrected chi connectivity index (χ0v) is 14.9. The number of hydrogen-bond acceptors (Lipinski definition) is 6. The van der Waals surface area contributed by atoms with E-state index in [4.69, 9.17) is 0 Å². The van der Waals surface area contributed by atoms with Gasteiger partial charge in [0.05, 0.1) is 6.04 Å². The van der Waals surface area contributed by atoms with Crippen molar-refractivity contribution in [2.45, 2.75) is 26.3 Å². The lowest BCUT2D eigenvalue weighted by atomic mass is 10.1. The maximum absolute atomic E-state index is 12.6. The van der Waals surface area contributed by atoms with Crippen molar-refractivity contribution in [3.63, 3.8) is 0 Å². The molecule has 0 radical (unpaired) electrons. The van der Waals surface area contributed by atoms with Crippen molar-refractivity contribution in [2.24, 2.45) is 0 Å². The number of carbonyl (C=O) groups excluding carboxylic acids is 1. The summed E-state index contributed by atoms with van der Waals surface area (Å²) in [7, 11) is 0. The van der Waals surface area contributed by atoms with Crippen molar-refractivity contribution >= 4 is 28.1 Å². The molecule has 1 amide bonds. The van der Waals surface area contributed by atoms with Crippen LogP contribution in [0.1, 0.15) is 18.4 Å². The number of carbonyl (C=O) groups is 1. The van der Waals surface area contributed by atoms with Crippen LogP contribution in [-0.2, 0) is 4.79 Å². The van der Waals surface area contributed by atoms with Crippen LogP contribution in [0.3, 0.4) is 0 Å². The number of aromatic nitrogens is 2. The van der Waals surface area contributed by atoms with E-state index in [2.05, 4.69) is 56.5 Å². The smallest absolute Gasteiger partial charge is 0.243 e. The van der Waals surface area contributed by atoms with Crippen LogP contribution in [-0.4, -0.2) is 53.2 Å². The zero-order chi connectivity index (χ0) is 16.9. The number of rotatable bonds is 5. The van der Waals surface area contributed by atoms with Gasteiger partial charge in [0.15, 0.2) is 0 Å². The molecule has 1 unspecified atom stereocenters. The number of benzene rings is 1. The second-order valence-electron chi connectivity index (χ2n) is 5.90. The number of aryl methyl sites for hydroxylation is 1. The number of nitrogens with zero attached hydrogens (tertiary/aromatic N) is 4. The third-order valence-electron chi connectivity index (χ3n) is 4.32. The molecule has 0 saturated carbocycles. The fourth-order valence-electron chi connectivity index (χ4n) is 3.08. The predicted molar refractivity (Wildman–Crippen MR) is 97.6 cm³/mol. The van der Waals surface area contributed by atoms with Crippen molar-refractivity contribution < 1.29 is 4.79 Å². The van der Waals surface area contributed by atoms with Crippen molar-refractivity contribution in [3.05, 3.63) is 35.3 Å². The second-order valence-corrected chi connectivity index (χ2v) is 7.08. The van der Waals surface area contributed by atoms with Crippen LogP contribution in [0.4, 0.5) is 10.8 Å². The maximum atomic E-state index is 12.6. The van der Waals surface area contributed by atoms with Crippen molar-refractivity contribution in [1.82, 2.24) is 15.1 Å².